The molecule has 4 nitrogen and oxygen atoms in total. The van der Waals surface area contributed by atoms with Crippen molar-refractivity contribution in [3.8, 4) is 0 Å². The van der Waals surface area contributed by atoms with Crippen molar-refractivity contribution in [3.63, 3.8) is 0 Å². The highest BCUT2D eigenvalue weighted by Crippen LogP contribution is 2.45. The van der Waals surface area contributed by atoms with Crippen molar-refractivity contribution in [1.82, 2.24) is 5.32 Å². The molecule has 0 spiro atoms. The summed E-state index contributed by atoms with van der Waals surface area (Å²) in [6, 6.07) is 6.09. The van der Waals surface area contributed by atoms with E-state index in [1.54, 1.807) is 12.1 Å². The molecule has 0 aromatic heterocycles. The second-order valence-electron chi connectivity index (χ2n) is 9.04. The number of ether oxygens (including phenoxy) is 1. The van der Waals surface area contributed by atoms with Gasteiger partial charge in [0.05, 0.1) is 29.9 Å². The van der Waals surface area contributed by atoms with Crippen molar-refractivity contribution in [2.45, 2.75) is 62.3 Å². The summed E-state index contributed by atoms with van der Waals surface area (Å²) in [6.45, 7) is -0.474. The summed E-state index contributed by atoms with van der Waals surface area (Å²) in [5, 5.41) is 2.86. The van der Waals surface area contributed by atoms with Crippen molar-refractivity contribution in [2.75, 3.05) is 0 Å². The van der Waals surface area contributed by atoms with Crippen LogP contribution in [-0.4, -0.2) is 24.1 Å². The van der Waals surface area contributed by atoms with Gasteiger partial charge >= 0.3 is 12.4 Å². The van der Waals surface area contributed by atoms with Crippen LogP contribution in [0.15, 0.2) is 42.5 Å². The van der Waals surface area contributed by atoms with E-state index in [0.717, 1.165) is 0 Å². The normalized spacial score (nSPS) is 27.3. The van der Waals surface area contributed by atoms with Gasteiger partial charge < -0.3 is 15.8 Å². The number of nitrogens with two attached hydrogens (primary N) is 1. The molecule has 35 heavy (non-hydrogen) atoms. The molecule has 1 unspecified atom stereocenters. The molecule has 1 aliphatic heterocycles. The van der Waals surface area contributed by atoms with Gasteiger partial charge in [0.1, 0.15) is 5.82 Å². The van der Waals surface area contributed by atoms with Crippen LogP contribution in [0, 0.1) is 11.7 Å². The van der Waals surface area contributed by atoms with Crippen LogP contribution in [0.1, 0.15) is 47.4 Å². The number of rotatable bonds is 5. The van der Waals surface area contributed by atoms with Crippen LogP contribution in [0.3, 0.4) is 0 Å². The van der Waals surface area contributed by atoms with Gasteiger partial charge in [0, 0.05) is 12.0 Å². The first kappa shape index (κ1) is 25.4. The summed E-state index contributed by atoms with van der Waals surface area (Å²) in [7, 11) is 0. The Balaban J connectivity index is 1.59. The molecule has 2 aromatic carbocycles. The summed E-state index contributed by atoms with van der Waals surface area (Å²) in [4.78, 5) is 11.9. The molecule has 1 saturated carbocycles. The molecule has 2 aromatic rings. The molecule has 2 aliphatic rings. The van der Waals surface area contributed by atoms with Gasteiger partial charge in [-0.1, -0.05) is 12.1 Å². The molecule has 3 N–H and O–H groups in total. The van der Waals surface area contributed by atoms with Crippen LogP contribution in [0.2, 0.25) is 0 Å². The third kappa shape index (κ3) is 5.61. The lowest BCUT2D eigenvalue weighted by Crippen LogP contribution is -2.36. The van der Waals surface area contributed by atoms with Crippen molar-refractivity contribution < 1.29 is 40.3 Å². The largest absolute Gasteiger partial charge is 0.416 e. The van der Waals surface area contributed by atoms with Gasteiger partial charge in [-0.2, -0.15) is 26.3 Å². The Hall–Kier alpha value is -2.66. The number of carbonyl (C=O) groups is 1. The predicted octanol–water partition coefficient (Wildman–Crippen LogP) is 5.16. The summed E-state index contributed by atoms with van der Waals surface area (Å²) >= 11 is 0. The molecule has 1 saturated heterocycles. The molecule has 1 aliphatic carbocycles. The van der Waals surface area contributed by atoms with Crippen LogP contribution < -0.4 is 11.1 Å². The summed E-state index contributed by atoms with van der Waals surface area (Å²) in [5.41, 5.74) is 3.46. The molecule has 11 heteroatoms. The zero-order chi connectivity index (χ0) is 25.5. The average molecular weight is 504 g/mol. The summed E-state index contributed by atoms with van der Waals surface area (Å²) in [6.07, 6.45) is -9.05. The first-order chi connectivity index (χ1) is 16.3. The molecule has 2 fully saturated rings. The topological polar surface area (TPSA) is 64.3 Å². The number of carbonyl (C=O) groups excluding carboxylic acids is 1. The van der Waals surface area contributed by atoms with Crippen LogP contribution >= 0.6 is 0 Å². The quantitative estimate of drug-likeness (QED) is 0.554. The fourth-order valence-corrected chi connectivity index (χ4v) is 5.09. The maximum absolute atomic E-state index is 13.5. The summed E-state index contributed by atoms with van der Waals surface area (Å²) in [5.74, 6) is -1.25. The third-order valence-electron chi connectivity index (χ3n) is 6.70. The molecular formula is C24H23F7N2O2. The van der Waals surface area contributed by atoms with Gasteiger partial charge in [-0.3, -0.25) is 4.79 Å². The smallest absolute Gasteiger partial charge is 0.373 e. The average Bonchev–Trinajstić information content (AvgIpc) is 3.34. The number of benzene rings is 2. The van der Waals surface area contributed by atoms with Gasteiger partial charge in [-0.25, -0.2) is 4.39 Å². The first-order valence-electron chi connectivity index (χ1n) is 11.0. The zero-order valence-electron chi connectivity index (χ0n) is 18.3. The molecule has 1 heterocycles. The molecule has 5 atom stereocenters. The van der Waals surface area contributed by atoms with E-state index in [1.165, 1.54) is 12.1 Å². The monoisotopic (exact) mass is 504 g/mol. The Labute approximate surface area is 196 Å². The molecular weight excluding hydrogens is 481 g/mol. The lowest BCUT2D eigenvalue weighted by Gasteiger charge is -2.29. The maximum atomic E-state index is 13.5. The molecule has 0 bridgehead atoms. The highest BCUT2D eigenvalue weighted by atomic mass is 19.4. The van der Waals surface area contributed by atoms with Crippen molar-refractivity contribution in [2.24, 2.45) is 11.7 Å². The van der Waals surface area contributed by atoms with Gasteiger partial charge in [-0.05, 0) is 66.6 Å². The number of hydrogen-bond donors (Lipinski definition) is 2. The predicted molar refractivity (Wildman–Crippen MR) is 111 cm³/mol. The van der Waals surface area contributed by atoms with E-state index in [1.807, 2.05) is 0 Å². The van der Waals surface area contributed by atoms with Crippen molar-refractivity contribution in [3.05, 3.63) is 70.5 Å². The lowest BCUT2D eigenvalue weighted by atomic mass is 9.82. The molecule has 0 radical (unpaired) electrons. The molecule has 4 rings (SSSR count). The van der Waals surface area contributed by atoms with Gasteiger partial charge in [0.2, 0.25) is 5.91 Å². The second-order valence-corrected chi connectivity index (χ2v) is 9.04. The minimum atomic E-state index is -4.95. The number of amides is 1. The Bertz CT molecular complexity index is 1040. The zero-order valence-corrected chi connectivity index (χ0v) is 18.3. The molecule has 190 valence electrons. The number of alkyl halides is 6. The SMILES string of the molecule is N[C@@H]1CC([C@@H]2CC[C@H](OCc3cc(C(F)(F)F)cc(C(F)(F)F)c3)[C@H]2c2ccc(F)cc2)NC1=O. The first-order valence-corrected chi connectivity index (χ1v) is 11.0. The minimum absolute atomic E-state index is 0.0719. The van der Waals surface area contributed by atoms with Crippen LogP contribution in [0.4, 0.5) is 30.7 Å². The van der Waals surface area contributed by atoms with E-state index in [9.17, 15) is 35.5 Å². The van der Waals surface area contributed by atoms with E-state index in [4.69, 9.17) is 10.5 Å². The molecule has 1 amide bonds. The van der Waals surface area contributed by atoms with Crippen molar-refractivity contribution in [1.29, 1.82) is 0 Å². The number of nitrogens with one attached hydrogen (secondary N) is 1. The number of halogens is 7. The Morgan fingerprint density at radius 3 is 2.06 bits per heavy atom. The fraction of sp³-hybridized carbons (Fsp3) is 0.458. The van der Waals surface area contributed by atoms with Crippen LogP contribution in [-0.2, 0) is 28.5 Å². The van der Waals surface area contributed by atoms with Gasteiger partial charge in [0.15, 0.2) is 0 Å². The van der Waals surface area contributed by atoms with Gasteiger partial charge in [0.25, 0.3) is 0 Å². The Kier molecular flexibility index (Phi) is 6.85. The van der Waals surface area contributed by atoms with E-state index in [-0.39, 0.29) is 35.4 Å². The number of hydrogen-bond acceptors (Lipinski definition) is 3. The van der Waals surface area contributed by atoms with Crippen LogP contribution in [0.5, 0.6) is 0 Å². The van der Waals surface area contributed by atoms with E-state index in [0.29, 0.717) is 37.0 Å². The Morgan fingerprint density at radius 2 is 1.54 bits per heavy atom. The highest BCUT2D eigenvalue weighted by Gasteiger charge is 2.45. The van der Waals surface area contributed by atoms with E-state index >= 15 is 0 Å². The van der Waals surface area contributed by atoms with Crippen molar-refractivity contribution >= 4 is 5.91 Å². The van der Waals surface area contributed by atoms with Gasteiger partial charge in [-0.15, -0.1) is 0 Å². The Morgan fingerprint density at radius 1 is 0.943 bits per heavy atom. The third-order valence-corrected chi connectivity index (χ3v) is 6.70. The fourth-order valence-electron chi connectivity index (χ4n) is 5.09. The van der Waals surface area contributed by atoms with Crippen LogP contribution in [0.25, 0.3) is 0 Å². The second kappa shape index (κ2) is 9.42. The highest BCUT2D eigenvalue weighted by molar-refractivity contribution is 5.84. The minimum Gasteiger partial charge on any atom is -0.373 e. The maximum Gasteiger partial charge on any atom is 0.416 e. The standard InChI is InChI=1S/C24H23F7N2O2/c25-16-3-1-13(2-4-16)21-17(19-10-18(32)22(34)33-19)5-6-20(21)35-11-12-7-14(23(26,27)28)9-15(8-12)24(29,30)31/h1-4,7-9,17-21H,5-6,10-11,32H2,(H,33,34)/t17-,18+,19?,20-,21-/m0/s1. The van der Waals surface area contributed by atoms with E-state index < -0.39 is 48.0 Å². The van der Waals surface area contributed by atoms with E-state index in [2.05, 4.69) is 5.32 Å². The summed E-state index contributed by atoms with van der Waals surface area (Å²) < 4.78 is 98.6. The lowest BCUT2D eigenvalue weighted by molar-refractivity contribution is -0.143.